The third kappa shape index (κ3) is 9.12. The molecule has 0 amide bonds. The van der Waals surface area contributed by atoms with E-state index in [1.54, 1.807) is 0 Å². The molecule has 2 heterocycles. The number of rotatable bonds is 15. The van der Waals surface area contributed by atoms with Crippen LogP contribution >= 0.6 is 0 Å². The van der Waals surface area contributed by atoms with Crippen molar-refractivity contribution in [1.82, 2.24) is 0 Å². The first-order valence-electron chi connectivity index (χ1n) is 19.7. The van der Waals surface area contributed by atoms with E-state index in [0.717, 1.165) is 50.9 Å². The number of aryl methyl sites for hydroxylation is 1. The molecule has 6 heteroatoms. The molecule has 6 nitrogen and oxygen atoms in total. The van der Waals surface area contributed by atoms with Crippen molar-refractivity contribution in [2.45, 2.75) is 76.6 Å². The number of hydrogen-bond donors (Lipinski definition) is 0. The van der Waals surface area contributed by atoms with Crippen molar-refractivity contribution < 1.29 is 28.4 Å². The summed E-state index contributed by atoms with van der Waals surface area (Å²) in [6.07, 6.45) is 3.88. The molecule has 1 spiro atoms. The maximum Gasteiger partial charge on any atom is 0.225 e. The Morgan fingerprint density at radius 1 is 0.614 bits per heavy atom. The third-order valence-electron chi connectivity index (χ3n) is 10.8. The highest BCUT2D eigenvalue weighted by Crippen LogP contribution is 2.49. The van der Waals surface area contributed by atoms with Gasteiger partial charge in [-0.1, -0.05) is 145 Å². The van der Waals surface area contributed by atoms with E-state index in [0.29, 0.717) is 33.0 Å². The molecule has 2 aliphatic heterocycles. The van der Waals surface area contributed by atoms with E-state index in [2.05, 4.69) is 85.6 Å². The molecule has 5 atom stereocenters. The number of benzene rings is 6. The second-order valence-electron chi connectivity index (χ2n) is 14.8. The van der Waals surface area contributed by atoms with Crippen LogP contribution < -0.4 is 0 Å². The Bertz CT molecular complexity index is 2220. The first-order chi connectivity index (χ1) is 28.1. The lowest BCUT2D eigenvalue weighted by Gasteiger charge is -2.51. The molecule has 1 fully saturated rings. The van der Waals surface area contributed by atoms with Crippen LogP contribution in [0.5, 0.6) is 0 Å². The maximum atomic E-state index is 7.36. The van der Waals surface area contributed by atoms with Gasteiger partial charge in [-0.3, -0.25) is 0 Å². The van der Waals surface area contributed by atoms with Crippen LogP contribution in [0.4, 0.5) is 0 Å². The van der Waals surface area contributed by atoms with Gasteiger partial charge in [0.2, 0.25) is 5.79 Å². The predicted molar refractivity (Wildman–Crippen MR) is 221 cm³/mol. The summed E-state index contributed by atoms with van der Waals surface area (Å²) in [4.78, 5) is 0. The largest absolute Gasteiger partial charge is 0.374 e. The molecular weight excluding hydrogens is 709 g/mol. The first-order valence-corrected chi connectivity index (χ1v) is 19.7. The van der Waals surface area contributed by atoms with Gasteiger partial charge in [0.15, 0.2) is 0 Å². The lowest BCUT2D eigenvalue weighted by molar-refractivity contribution is -0.387. The number of fused-ring (bicyclic) bond motifs is 2. The van der Waals surface area contributed by atoms with E-state index in [1.165, 1.54) is 11.1 Å². The summed E-state index contributed by atoms with van der Waals surface area (Å²) in [5.41, 5.74) is 10.5. The molecular formula is C51H48O6. The zero-order chi connectivity index (χ0) is 38.9. The molecule has 1 saturated heterocycles. The summed E-state index contributed by atoms with van der Waals surface area (Å²) in [5, 5.41) is 0. The van der Waals surface area contributed by atoms with Gasteiger partial charge in [0.25, 0.3) is 0 Å². The molecule has 0 radical (unpaired) electrons. The topological polar surface area (TPSA) is 55.4 Å². The van der Waals surface area contributed by atoms with Crippen molar-refractivity contribution in [1.29, 1.82) is 0 Å². The normalized spacial score (nSPS) is 21.3. The van der Waals surface area contributed by atoms with Gasteiger partial charge in [0.05, 0.1) is 39.6 Å². The molecule has 6 aromatic rings. The summed E-state index contributed by atoms with van der Waals surface area (Å²) in [5.74, 6) is 1.40. The lowest BCUT2D eigenvalue weighted by Crippen LogP contribution is -2.65. The van der Waals surface area contributed by atoms with Crippen molar-refractivity contribution in [3.8, 4) is 12.3 Å². The number of ether oxygens (including phenoxy) is 6. The molecule has 0 N–H and O–H groups in total. The molecule has 2 aliphatic rings. The second kappa shape index (κ2) is 18.3. The standard InChI is InChI=1S/C51H48O6/c1-3-38-24-26-39(27-25-38)29-44-30-46-45(28-37(44)2)35-56-51(46)50(55-34-43-22-14-7-15-23-43)49(54-33-42-20-12-6-13-21-42)48(53-32-41-18-10-5-11-19-41)47(57-51)36-52-31-40-16-8-4-9-17-40/h1,4-28,30,47-50H,29,31-36H2,2H3/t47-,48+,49+,50-,51+/m1/s1. The van der Waals surface area contributed by atoms with Crippen molar-refractivity contribution in [2.24, 2.45) is 0 Å². The quantitative estimate of drug-likeness (QED) is 0.0974. The van der Waals surface area contributed by atoms with Gasteiger partial charge in [-0.15, -0.1) is 6.42 Å². The average Bonchev–Trinajstić information content (AvgIpc) is 3.60. The molecule has 57 heavy (non-hydrogen) atoms. The van der Waals surface area contributed by atoms with Gasteiger partial charge in [-0.2, -0.15) is 0 Å². The monoisotopic (exact) mass is 756 g/mol. The first kappa shape index (κ1) is 38.5. The molecule has 0 saturated carbocycles. The highest BCUT2D eigenvalue weighted by Gasteiger charge is 2.61. The van der Waals surface area contributed by atoms with Crippen molar-refractivity contribution in [3.05, 3.63) is 213 Å². The van der Waals surface area contributed by atoms with Crippen molar-refractivity contribution in [3.63, 3.8) is 0 Å². The maximum absolute atomic E-state index is 7.36. The van der Waals surface area contributed by atoms with Gasteiger partial charge < -0.3 is 28.4 Å². The van der Waals surface area contributed by atoms with Crippen molar-refractivity contribution in [2.75, 3.05) is 6.61 Å². The van der Waals surface area contributed by atoms with E-state index in [1.807, 2.05) is 84.9 Å². The zero-order valence-electron chi connectivity index (χ0n) is 32.3. The van der Waals surface area contributed by atoms with E-state index in [-0.39, 0.29) is 6.61 Å². The van der Waals surface area contributed by atoms with E-state index in [9.17, 15) is 0 Å². The van der Waals surface area contributed by atoms with E-state index in [4.69, 9.17) is 34.8 Å². The summed E-state index contributed by atoms with van der Waals surface area (Å²) in [6, 6.07) is 53.4. The number of hydrogen-bond acceptors (Lipinski definition) is 6. The Hall–Kier alpha value is -5.36. The SMILES string of the molecule is C#Cc1ccc(Cc2cc3c(cc2C)CO[C@]32O[C@H](COCc3ccccc3)[C@H](OCc3ccccc3)[C@H](OCc3ccccc3)[C@H]2OCc2ccccc2)cc1. The molecule has 0 aliphatic carbocycles. The molecule has 6 aromatic carbocycles. The summed E-state index contributed by atoms with van der Waals surface area (Å²) in [6.45, 7) is 4.19. The average molecular weight is 757 g/mol. The Morgan fingerprint density at radius 3 is 1.70 bits per heavy atom. The van der Waals surface area contributed by atoms with Crippen LogP contribution in [0.2, 0.25) is 0 Å². The van der Waals surface area contributed by atoms with Crippen LogP contribution in [0.25, 0.3) is 0 Å². The van der Waals surface area contributed by atoms with Gasteiger partial charge >= 0.3 is 0 Å². The van der Waals surface area contributed by atoms with Crippen molar-refractivity contribution >= 4 is 0 Å². The second-order valence-corrected chi connectivity index (χ2v) is 14.8. The lowest BCUT2D eigenvalue weighted by atomic mass is 9.84. The smallest absolute Gasteiger partial charge is 0.225 e. The Kier molecular flexibility index (Phi) is 12.3. The third-order valence-corrected chi connectivity index (χ3v) is 10.8. The summed E-state index contributed by atoms with van der Waals surface area (Å²) in [7, 11) is 0. The summed E-state index contributed by atoms with van der Waals surface area (Å²) < 4.78 is 41.9. The Morgan fingerprint density at radius 2 is 1.14 bits per heavy atom. The highest BCUT2D eigenvalue weighted by atomic mass is 16.7. The van der Waals surface area contributed by atoms with Crippen LogP contribution in [-0.4, -0.2) is 31.0 Å². The molecule has 8 rings (SSSR count). The van der Waals surface area contributed by atoms with Crippen LogP contribution in [0.3, 0.4) is 0 Å². The van der Waals surface area contributed by atoms with Crippen LogP contribution in [0, 0.1) is 19.3 Å². The molecule has 0 aromatic heterocycles. The minimum Gasteiger partial charge on any atom is -0.374 e. The Balaban J connectivity index is 1.21. The van der Waals surface area contributed by atoms with Gasteiger partial charge in [0, 0.05) is 11.1 Å². The van der Waals surface area contributed by atoms with Gasteiger partial charge in [-0.25, -0.2) is 0 Å². The van der Waals surface area contributed by atoms with Crippen LogP contribution in [0.1, 0.15) is 55.6 Å². The highest BCUT2D eigenvalue weighted by molar-refractivity contribution is 5.46. The van der Waals surface area contributed by atoms with E-state index >= 15 is 0 Å². The Labute approximate surface area is 336 Å². The molecule has 288 valence electrons. The van der Waals surface area contributed by atoms with E-state index < -0.39 is 30.2 Å². The fourth-order valence-electron chi connectivity index (χ4n) is 7.82. The fraction of sp³-hybridized carbons (Fsp3) is 0.255. The van der Waals surface area contributed by atoms with Gasteiger partial charge in [0.1, 0.15) is 24.4 Å². The van der Waals surface area contributed by atoms with Gasteiger partial charge in [-0.05, 0) is 76.1 Å². The summed E-state index contributed by atoms with van der Waals surface area (Å²) >= 11 is 0. The molecule has 0 unspecified atom stereocenters. The van der Waals surface area contributed by atoms with Crippen LogP contribution in [0.15, 0.2) is 158 Å². The fourth-order valence-corrected chi connectivity index (χ4v) is 7.82. The zero-order valence-corrected chi connectivity index (χ0v) is 32.3. The minimum absolute atomic E-state index is 0.242. The number of terminal acetylenes is 1. The predicted octanol–water partition coefficient (Wildman–Crippen LogP) is 9.62. The molecule has 0 bridgehead atoms. The minimum atomic E-state index is -1.32. The van der Waals surface area contributed by atoms with Crippen LogP contribution in [-0.2, 0) is 73.7 Å².